The molecule has 9 nitrogen and oxygen atoms in total. The molecule has 2 amide bonds. The molecule has 1 aliphatic rings. The third-order valence-corrected chi connectivity index (χ3v) is 8.12. The highest BCUT2D eigenvalue weighted by Crippen LogP contribution is 2.26. The zero-order valence-electron chi connectivity index (χ0n) is 21.2. The Morgan fingerprint density at radius 3 is 2.12 bits per heavy atom. The fourth-order valence-electron chi connectivity index (χ4n) is 4.59. The van der Waals surface area contributed by atoms with Crippen LogP contribution < -0.4 is 10.5 Å². The molecule has 4 aromatic rings. The molecular formula is C28H25F2N5O4S. The van der Waals surface area contributed by atoms with E-state index >= 15 is 0 Å². The highest BCUT2D eigenvalue weighted by atomic mass is 32.2. The van der Waals surface area contributed by atoms with Crippen molar-refractivity contribution in [2.75, 3.05) is 30.9 Å². The van der Waals surface area contributed by atoms with Gasteiger partial charge in [0.05, 0.1) is 11.2 Å². The number of nitrogens with zero attached hydrogens (tertiary/aromatic N) is 3. The Bertz CT molecular complexity index is 1720. The minimum atomic E-state index is -4.01. The van der Waals surface area contributed by atoms with Crippen molar-refractivity contribution in [2.24, 2.45) is 5.73 Å². The van der Waals surface area contributed by atoms with Crippen molar-refractivity contribution in [1.82, 2.24) is 14.8 Å². The lowest BCUT2D eigenvalue weighted by Crippen LogP contribution is -2.50. The maximum Gasteiger partial charge on any atom is 0.264 e. The Hall–Kier alpha value is -4.42. The summed E-state index contributed by atoms with van der Waals surface area (Å²) in [6.07, 6.45) is 1.52. The van der Waals surface area contributed by atoms with E-state index in [1.807, 2.05) is 0 Å². The number of nitrogens with two attached hydrogens (primary N) is 1. The number of aromatic nitrogens is 1. The van der Waals surface area contributed by atoms with Gasteiger partial charge in [-0.3, -0.25) is 19.3 Å². The third-order valence-electron chi connectivity index (χ3n) is 6.72. The number of fused-ring (bicyclic) bond motifs is 1. The lowest BCUT2D eigenvalue weighted by Gasteiger charge is -2.35. The van der Waals surface area contributed by atoms with E-state index in [2.05, 4.69) is 9.71 Å². The van der Waals surface area contributed by atoms with Gasteiger partial charge in [-0.25, -0.2) is 17.2 Å². The Balaban J connectivity index is 1.29. The molecule has 0 bridgehead atoms. The topological polar surface area (TPSA) is 126 Å². The lowest BCUT2D eigenvalue weighted by atomic mass is 10.1. The quantitative estimate of drug-likeness (QED) is 0.369. The molecule has 3 N–H and O–H groups in total. The van der Waals surface area contributed by atoms with Crippen molar-refractivity contribution in [3.8, 4) is 0 Å². The van der Waals surface area contributed by atoms with E-state index in [1.54, 1.807) is 35.2 Å². The summed E-state index contributed by atoms with van der Waals surface area (Å²) in [5.41, 5.74) is 7.26. The molecule has 1 saturated heterocycles. The number of piperazine rings is 1. The number of hydrogen-bond acceptors (Lipinski definition) is 6. The number of carbonyl (C=O) groups excluding carboxylic acids is 2. The molecule has 0 saturated carbocycles. The Kier molecular flexibility index (Phi) is 7.46. The van der Waals surface area contributed by atoms with E-state index < -0.39 is 27.6 Å². The molecular weight excluding hydrogens is 540 g/mol. The van der Waals surface area contributed by atoms with E-state index in [9.17, 15) is 26.8 Å². The monoisotopic (exact) mass is 565 g/mol. The highest BCUT2D eigenvalue weighted by molar-refractivity contribution is 7.93. The largest absolute Gasteiger partial charge is 0.335 e. The van der Waals surface area contributed by atoms with Crippen LogP contribution in [0.15, 0.2) is 77.8 Å². The molecule has 3 aromatic carbocycles. The number of rotatable bonds is 6. The molecule has 0 spiro atoms. The average Bonchev–Trinajstić information content (AvgIpc) is 2.97. The van der Waals surface area contributed by atoms with Crippen LogP contribution in [0.3, 0.4) is 0 Å². The molecule has 1 aromatic heterocycles. The first-order chi connectivity index (χ1) is 19.2. The Morgan fingerprint density at radius 2 is 1.48 bits per heavy atom. The van der Waals surface area contributed by atoms with Gasteiger partial charge in [-0.05, 0) is 54.1 Å². The number of anilines is 1. The Labute approximate surface area is 229 Å². The summed E-state index contributed by atoms with van der Waals surface area (Å²) in [6.45, 7) is 0.862. The molecule has 0 unspecified atom stereocenters. The first-order valence-corrected chi connectivity index (χ1v) is 13.9. The zero-order valence-corrected chi connectivity index (χ0v) is 22.0. The van der Waals surface area contributed by atoms with Crippen molar-refractivity contribution in [2.45, 2.75) is 11.4 Å². The van der Waals surface area contributed by atoms with Crippen molar-refractivity contribution >= 4 is 38.4 Å². The number of carbonyl (C=O) groups is 2. The predicted molar refractivity (Wildman–Crippen MR) is 145 cm³/mol. The highest BCUT2D eigenvalue weighted by Gasteiger charge is 2.27. The smallest absolute Gasteiger partial charge is 0.264 e. The van der Waals surface area contributed by atoms with E-state index in [-0.39, 0.29) is 54.8 Å². The van der Waals surface area contributed by atoms with Crippen LogP contribution >= 0.6 is 0 Å². The van der Waals surface area contributed by atoms with Gasteiger partial charge in [-0.1, -0.05) is 18.2 Å². The number of pyridine rings is 1. The van der Waals surface area contributed by atoms with Crippen LogP contribution in [0.1, 0.15) is 26.3 Å². The second-order valence-electron chi connectivity index (χ2n) is 9.23. The van der Waals surface area contributed by atoms with Gasteiger partial charge in [-0.15, -0.1) is 0 Å². The van der Waals surface area contributed by atoms with Crippen LogP contribution in [0.25, 0.3) is 10.9 Å². The van der Waals surface area contributed by atoms with Crippen molar-refractivity contribution in [3.63, 3.8) is 0 Å². The van der Waals surface area contributed by atoms with Crippen molar-refractivity contribution < 1.29 is 26.8 Å². The Morgan fingerprint density at radius 1 is 0.850 bits per heavy atom. The van der Waals surface area contributed by atoms with E-state index in [4.69, 9.17) is 5.73 Å². The molecule has 206 valence electrons. The summed E-state index contributed by atoms with van der Waals surface area (Å²) in [5, 5.41) is 0.678. The number of para-hydroxylation sites is 1. The summed E-state index contributed by atoms with van der Waals surface area (Å²) in [7, 11) is -4.01. The molecule has 0 atom stereocenters. The van der Waals surface area contributed by atoms with Crippen LogP contribution in [0.4, 0.5) is 14.5 Å². The second-order valence-corrected chi connectivity index (χ2v) is 10.9. The SMILES string of the molecule is NCc1cc(C(=O)N2CCN(C(=O)c3ccc(F)c(F)c3)CC2)ccc1NS(=O)(=O)c1cccc2cccnc12. The average molecular weight is 566 g/mol. The fraction of sp³-hybridized carbons (Fsp3) is 0.179. The standard InChI is InChI=1S/C28H25F2N5O4S/c29-22-8-6-20(16-23(22)30)28(37)35-13-11-34(12-14-35)27(36)19-7-9-24(21(15-19)17-31)33-40(38,39)25-5-1-3-18-4-2-10-32-26(18)25/h1-10,15-16,33H,11-14,17,31H2. The fourth-order valence-corrected chi connectivity index (χ4v) is 5.88. The molecule has 1 fully saturated rings. The summed E-state index contributed by atoms with van der Waals surface area (Å²) >= 11 is 0. The number of nitrogens with one attached hydrogen (secondary N) is 1. The minimum absolute atomic E-state index is 0.0181. The normalized spacial score (nSPS) is 13.9. The van der Waals surface area contributed by atoms with Crippen molar-refractivity contribution in [1.29, 1.82) is 0 Å². The molecule has 0 aliphatic carbocycles. The van der Waals surface area contributed by atoms with Gasteiger partial charge in [-0.2, -0.15) is 0 Å². The van der Waals surface area contributed by atoms with Crippen LogP contribution in [-0.2, 0) is 16.6 Å². The summed E-state index contributed by atoms with van der Waals surface area (Å²) in [6, 6.07) is 15.9. The summed E-state index contributed by atoms with van der Waals surface area (Å²) in [5.74, 6) is -2.89. The number of benzene rings is 3. The van der Waals surface area contributed by atoms with Gasteiger partial charge in [0.2, 0.25) is 0 Å². The van der Waals surface area contributed by atoms with Gasteiger partial charge in [0.15, 0.2) is 11.6 Å². The van der Waals surface area contributed by atoms with E-state index in [0.29, 0.717) is 22.0 Å². The minimum Gasteiger partial charge on any atom is -0.335 e. The molecule has 2 heterocycles. The van der Waals surface area contributed by atoms with Gasteiger partial charge >= 0.3 is 0 Å². The molecule has 12 heteroatoms. The number of hydrogen-bond donors (Lipinski definition) is 2. The molecule has 1 aliphatic heterocycles. The maximum absolute atomic E-state index is 13.5. The number of sulfonamides is 1. The van der Waals surface area contributed by atoms with Crippen molar-refractivity contribution in [3.05, 3.63) is 101 Å². The second kappa shape index (κ2) is 11.0. The lowest BCUT2D eigenvalue weighted by molar-refractivity contribution is 0.0535. The number of halogens is 2. The third kappa shape index (κ3) is 5.36. The van der Waals surface area contributed by atoms with E-state index in [0.717, 1.165) is 12.1 Å². The molecule has 0 radical (unpaired) electrons. The van der Waals surface area contributed by atoms with E-state index in [1.165, 1.54) is 35.4 Å². The molecule has 40 heavy (non-hydrogen) atoms. The van der Waals surface area contributed by atoms with Gasteiger partial charge in [0.1, 0.15) is 4.90 Å². The van der Waals surface area contributed by atoms with Gasteiger partial charge in [0.25, 0.3) is 21.8 Å². The predicted octanol–water partition coefficient (Wildman–Crippen LogP) is 3.37. The van der Waals surface area contributed by atoms with Gasteiger partial charge in [0, 0.05) is 55.4 Å². The van der Waals surface area contributed by atoms with Crippen LogP contribution in [0.5, 0.6) is 0 Å². The van der Waals surface area contributed by atoms with Gasteiger partial charge < -0.3 is 15.5 Å². The summed E-state index contributed by atoms with van der Waals surface area (Å²) < 4.78 is 55.8. The van der Waals surface area contributed by atoms with Crippen LogP contribution in [0.2, 0.25) is 0 Å². The van der Waals surface area contributed by atoms with Crippen LogP contribution in [-0.4, -0.2) is 61.2 Å². The molecule has 5 rings (SSSR count). The maximum atomic E-state index is 13.5. The summed E-state index contributed by atoms with van der Waals surface area (Å²) in [4.78, 5) is 33.2. The first-order valence-electron chi connectivity index (χ1n) is 12.4. The zero-order chi connectivity index (χ0) is 28.4. The first kappa shape index (κ1) is 27.2. The van der Waals surface area contributed by atoms with Crippen LogP contribution in [0, 0.1) is 11.6 Å². The number of amides is 2.